The van der Waals surface area contributed by atoms with Crippen LogP contribution in [0.15, 0.2) is 42.5 Å². The molecule has 0 aromatic heterocycles. The normalized spacial score (nSPS) is 12.0. The number of carboxylic acid groups (broad SMARTS) is 1. The Morgan fingerprint density at radius 2 is 1.84 bits per heavy atom. The van der Waals surface area contributed by atoms with Crippen LogP contribution >= 0.6 is 0 Å². The number of fused-ring (bicyclic) bond motifs is 1. The third-order valence-electron chi connectivity index (χ3n) is 2.93. The first-order chi connectivity index (χ1) is 9.06. The Labute approximate surface area is 111 Å². The van der Waals surface area contributed by atoms with E-state index >= 15 is 0 Å². The maximum absolute atomic E-state index is 11.1. The summed E-state index contributed by atoms with van der Waals surface area (Å²) in [4.78, 5) is 22.1. The lowest BCUT2D eigenvalue weighted by molar-refractivity contribution is -0.139. The van der Waals surface area contributed by atoms with Crippen molar-refractivity contribution in [1.82, 2.24) is 5.32 Å². The Morgan fingerprint density at radius 1 is 1.16 bits per heavy atom. The molecule has 4 nitrogen and oxygen atoms in total. The minimum absolute atomic E-state index is 0.278. The smallest absolute Gasteiger partial charge is 0.326 e. The van der Waals surface area contributed by atoms with Crippen LogP contribution in [-0.2, 0) is 11.2 Å². The van der Waals surface area contributed by atoms with E-state index in [1.165, 1.54) is 7.85 Å². The van der Waals surface area contributed by atoms with E-state index in [1.807, 2.05) is 42.5 Å². The van der Waals surface area contributed by atoms with Gasteiger partial charge in [0.05, 0.1) is 0 Å². The third-order valence-corrected chi connectivity index (χ3v) is 2.93. The Kier molecular flexibility index (Phi) is 3.85. The van der Waals surface area contributed by atoms with Gasteiger partial charge in [-0.3, -0.25) is 4.79 Å². The van der Waals surface area contributed by atoms with Crippen LogP contribution < -0.4 is 5.32 Å². The van der Waals surface area contributed by atoms with Gasteiger partial charge in [0.25, 0.3) is 0 Å². The zero-order valence-corrected chi connectivity index (χ0v) is 10.6. The fourth-order valence-corrected chi connectivity index (χ4v) is 2.05. The van der Waals surface area contributed by atoms with Gasteiger partial charge < -0.3 is 10.4 Å². The van der Waals surface area contributed by atoms with Crippen LogP contribution in [0, 0.1) is 0 Å². The topological polar surface area (TPSA) is 66.4 Å². The van der Waals surface area contributed by atoms with Gasteiger partial charge in [-0.15, -0.1) is 0 Å². The van der Waals surface area contributed by atoms with Crippen molar-refractivity contribution in [3.8, 4) is 0 Å². The van der Waals surface area contributed by atoms with E-state index in [1.54, 1.807) is 0 Å². The summed E-state index contributed by atoms with van der Waals surface area (Å²) >= 11 is 0. The largest absolute Gasteiger partial charge is 0.480 e. The first-order valence-corrected chi connectivity index (χ1v) is 6.04. The minimum atomic E-state index is -1.02. The lowest BCUT2D eigenvalue weighted by atomic mass is 10.0. The van der Waals surface area contributed by atoms with Gasteiger partial charge in [-0.2, -0.15) is 0 Å². The number of carbonyl (C=O) groups is 2. The van der Waals surface area contributed by atoms with E-state index in [0.717, 1.165) is 16.3 Å². The lowest BCUT2D eigenvalue weighted by Gasteiger charge is -2.13. The molecule has 0 aliphatic heterocycles. The number of nitrogens with one attached hydrogen (secondary N) is 1. The van der Waals surface area contributed by atoms with Crippen LogP contribution in [0.5, 0.6) is 0 Å². The van der Waals surface area contributed by atoms with E-state index in [4.69, 9.17) is 5.11 Å². The van der Waals surface area contributed by atoms with Crippen molar-refractivity contribution in [3.05, 3.63) is 48.0 Å². The van der Waals surface area contributed by atoms with Gasteiger partial charge in [-0.1, -0.05) is 42.5 Å². The Bertz CT molecular complexity index is 627. The molecule has 0 fully saturated rings. The lowest BCUT2D eigenvalue weighted by Crippen LogP contribution is -2.41. The van der Waals surface area contributed by atoms with Crippen molar-refractivity contribution in [2.45, 2.75) is 12.5 Å². The summed E-state index contributed by atoms with van der Waals surface area (Å²) in [5.41, 5.74) is 0.889. The summed E-state index contributed by atoms with van der Waals surface area (Å²) in [5.74, 6) is -1.36. The summed E-state index contributed by atoms with van der Waals surface area (Å²) in [7, 11) is 1.32. The number of amides is 1. The molecule has 0 unspecified atom stereocenters. The van der Waals surface area contributed by atoms with Crippen molar-refractivity contribution < 1.29 is 14.7 Å². The molecular weight excluding hydrogens is 241 g/mol. The van der Waals surface area contributed by atoms with Gasteiger partial charge in [0.1, 0.15) is 6.04 Å². The molecule has 0 aliphatic rings. The fraction of sp³-hybridized carbons (Fsp3) is 0.143. The minimum Gasteiger partial charge on any atom is -0.480 e. The van der Waals surface area contributed by atoms with Crippen molar-refractivity contribution in [1.29, 1.82) is 0 Å². The molecule has 0 saturated carbocycles. The zero-order chi connectivity index (χ0) is 13.8. The molecule has 0 radical (unpaired) electrons. The highest BCUT2D eigenvalue weighted by atomic mass is 16.4. The molecule has 96 valence electrons. The number of benzene rings is 2. The first kappa shape index (κ1) is 13.1. The summed E-state index contributed by atoms with van der Waals surface area (Å²) < 4.78 is 0. The van der Waals surface area contributed by atoms with E-state index in [-0.39, 0.29) is 12.2 Å². The Morgan fingerprint density at radius 3 is 2.47 bits per heavy atom. The van der Waals surface area contributed by atoms with Crippen LogP contribution in [0.1, 0.15) is 5.56 Å². The molecule has 0 aliphatic carbocycles. The molecule has 2 N–H and O–H groups in total. The summed E-state index contributed by atoms with van der Waals surface area (Å²) in [6, 6.07) is 12.8. The number of hydrogen-bond donors (Lipinski definition) is 2. The zero-order valence-electron chi connectivity index (χ0n) is 10.6. The SMILES string of the molecule is BC(=O)N[C@@H](Cc1ccc2ccccc2c1)C(=O)O. The predicted octanol–water partition coefficient (Wildman–Crippen LogP) is 1.18. The fourth-order valence-electron chi connectivity index (χ4n) is 2.05. The van der Waals surface area contributed by atoms with Crippen LogP contribution in [0.4, 0.5) is 4.79 Å². The molecule has 19 heavy (non-hydrogen) atoms. The molecule has 2 aromatic carbocycles. The van der Waals surface area contributed by atoms with E-state index < -0.39 is 12.0 Å². The average Bonchev–Trinajstić information content (AvgIpc) is 2.37. The number of rotatable bonds is 4. The third kappa shape index (κ3) is 3.34. The van der Waals surface area contributed by atoms with Crippen molar-refractivity contribution in [2.24, 2.45) is 0 Å². The van der Waals surface area contributed by atoms with Crippen molar-refractivity contribution in [3.63, 3.8) is 0 Å². The van der Waals surface area contributed by atoms with E-state index in [2.05, 4.69) is 5.32 Å². The van der Waals surface area contributed by atoms with E-state index in [9.17, 15) is 9.59 Å². The molecule has 1 amide bonds. The van der Waals surface area contributed by atoms with Gasteiger partial charge in [-0.25, -0.2) is 4.79 Å². The quantitative estimate of drug-likeness (QED) is 0.806. The van der Waals surface area contributed by atoms with Crippen LogP contribution in [-0.4, -0.2) is 30.8 Å². The number of aliphatic carboxylic acids is 1. The highest BCUT2D eigenvalue weighted by Gasteiger charge is 2.18. The molecule has 0 bridgehead atoms. The van der Waals surface area contributed by atoms with Gasteiger partial charge in [0, 0.05) is 6.42 Å². The van der Waals surface area contributed by atoms with Crippen LogP contribution in [0.2, 0.25) is 0 Å². The number of carbonyl (C=O) groups excluding carboxylic acids is 1. The highest BCUT2D eigenvalue weighted by Crippen LogP contribution is 2.16. The molecule has 1 atom stereocenters. The Hall–Kier alpha value is -2.30. The maximum Gasteiger partial charge on any atom is 0.326 e. The van der Waals surface area contributed by atoms with Gasteiger partial charge in [-0.05, 0) is 16.3 Å². The molecule has 5 heteroatoms. The monoisotopic (exact) mass is 255 g/mol. The molecular formula is C14H14BNO3. The number of carboxylic acids is 1. The summed E-state index contributed by atoms with van der Waals surface area (Å²) in [6.45, 7) is 0. The Balaban J connectivity index is 2.23. The highest BCUT2D eigenvalue weighted by molar-refractivity contribution is 6.57. The second-order valence-corrected chi connectivity index (χ2v) is 4.48. The second-order valence-electron chi connectivity index (χ2n) is 4.48. The molecule has 0 heterocycles. The second kappa shape index (κ2) is 5.56. The van der Waals surface area contributed by atoms with Gasteiger partial charge in [0.15, 0.2) is 5.81 Å². The summed E-state index contributed by atoms with van der Waals surface area (Å²) in [6.07, 6.45) is 0.278. The molecule has 2 rings (SSSR count). The summed E-state index contributed by atoms with van der Waals surface area (Å²) in [5, 5.41) is 13.7. The van der Waals surface area contributed by atoms with Crippen LogP contribution in [0.3, 0.4) is 0 Å². The predicted molar refractivity (Wildman–Crippen MR) is 76.2 cm³/mol. The van der Waals surface area contributed by atoms with Gasteiger partial charge >= 0.3 is 5.97 Å². The number of hydrogen-bond acceptors (Lipinski definition) is 2. The van der Waals surface area contributed by atoms with Crippen molar-refractivity contribution in [2.75, 3.05) is 0 Å². The van der Waals surface area contributed by atoms with Gasteiger partial charge in [0.2, 0.25) is 7.85 Å². The van der Waals surface area contributed by atoms with Crippen LogP contribution in [0.25, 0.3) is 10.8 Å². The maximum atomic E-state index is 11.1. The standard InChI is InChI=1S/C14H14BNO3/c15-14(19)16-12(13(17)18)8-9-5-6-10-3-1-2-4-11(10)7-9/h1-7,12H,8,15H2,(H,16,19)(H,17,18)/t12-/m0/s1. The van der Waals surface area contributed by atoms with Crippen molar-refractivity contribution >= 4 is 30.4 Å². The average molecular weight is 255 g/mol. The molecule has 2 aromatic rings. The molecule has 0 saturated heterocycles. The molecule has 0 spiro atoms. The van der Waals surface area contributed by atoms with E-state index in [0.29, 0.717) is 0 Å². The first-order valence-electron chi connectivity index (χ1n) is 6.04.